The number of hydrogen-bond acceptors (Lipinski definition) is 3. The van der Waals surface area contributed by atoms with E-state index in [1.807, 2.05) is 49.4 Å². The normalized spacial score (nSPS) is 16.2. The molecular weight excluding hydrogens is 439 g/mol. The average Bonchev–Trinajstić information content (AvgIpc) is 2.76. The lowest BCUT2D eigenvalue weighted by Gasteiger charge is -2.35. The molecule has 3 N–H and O–H groups in total. The first-order valence-corrected chi connectivity index (χ1v) is 11.7. The summed E-state index contributed by atoms with van der Waals surface area (Å²) in [7, 11) is 1.50. The first-order chi connectivity index (χ1) is 15.7. The SMILES string of the molecule is COc1cc(F)ccc1-c1ccc2c(c1C(NS(=O)O)c1ccccc1)C(C)=CC(C)(C)N2. The summed E-state index contributed by atoms with van der Waals surface area (Å²) in [5, 5.41) is 3.55. The number of fused-ring (bicyclic) bond motifs is 1. The highest BCUT2D eigenvalue weighted by molar-refractivity contribution is 7.77. The van der Waals surface area contributed by atoms with Crippen LogP contribution in [-0.2, 0) is 11.3 Å². The predicted molar refractivity (Wildman–Crippen MR) is 132 cm³/mol. The van der Waals surface area contributed by atoms with Crippen LogP contribution in [0.4, 0.5) is 10.1 Å². The molecule has 0 saturated heterocycles. The third kappa shape index (κ3) is 4.71. The van der Waals surface area contributed by atoms with Gasteiger partial charge in [0.25, 0.3) is 0 Å². The first-order valence-electron chi connectivity index (χ1n) is 10.6. The molecule has 0 aromatic heterocycles. The molecule has 0 amide bonds. The van der Waals surface area contributed by atoms with Crippen LogP contribution in [-0.4, -0.2) is 21.4 Å². The fourth-order valence-corrected chi connectivity index (χ4v) is 5.06. The van der Waals surface area contributed by atoms with Crippen molar-refractivity contribution in [2.45, 2.75) is 32.4 Å². The highest BCUT2D eigenvalue weighted by Gasteiger charge is 2.31. The lowest BCUT2D eigenvalue weighted by atomic mass is 9.81. The Bertz CT molecular complexity index is 1240. The zero-order valence-electron chi connectivity index (χ0n) is 19.0. The van der Waals surface area contributed by atoms with Gasteiger partial charge in [-0.05, 0) is 61.2 Å². The van der Waals surface area contributed by atoms with Gasteiger partial charge in [0.1, 0.15) is 11.6 Å². The molecule has 3 aromatic rings. The Hall–Kier alpha value is -3.00. The van der Waals surface area contributed by atoms with Crippen molar-refractivity contribution in [1.29, 1.82) is 0 Å². The molecule has 1 heterocycles. The molecule has 1 aliphatic rings. The standard InChI is InChI=1S/C26H27FN2O3S/c1-16-15-26(2,3)28-21-13-12-20(19-11-10-18(27)14-22(19)32-4)24(23(16)21)25(29-33(30)31)17-8-6-5-7-9-17/h5-15,25,28-29H,1-4H3,(H,30,31). The number of ether oxygens (including phenoxy) is 1. The van der Waals surface area contributed by atoms with Crippen molar-refractivity contribution in [2.75, 3.05) is 12.4 Å². The molecule has 33 heavy (non-hydrogen) atoms. The van der Waals surface area contributed by atoms with Gasteiger partial charge in [-0.25, -0.2) is 13.3 Å². The summed E-state index contributed by atoms with van der Waals surface area (Å²) in [6.45, 7) is 6.21. The maximum atomic E-state index is 14.0. The molecule has 3 aromatic carbocycles. The minimum Gasteiger partial charge on any atom is -0.496 e. The summed E-state index contributed by atoms with van der Waals surface area (Å²) >= 11 is -2.28. The Kier molecular flexibility index (Phi) is 6.38. The molecule has 0 aliphatic carbocycles. The van der Waals surface area contributed by atoms with Gasteiger partial charge in [-0.1, -0.05) is 42.5 Å². The number of benzene rings is 3. The Morgan fingerprint density at radius 2 is 1.79 bits per heavy atom. The summed E-state index contributed by atoms with van der Waals surface area (Å²) < 4.78 is 44.2. The summed E-state index contributed by atoms with van der Waals surface area (Å²) in [4.78, 5) is 0. The van der Waals surface area contributed by atoms with Crippen molar-refractivity contribution < 1.29 is 17.9 Å². The van der Waals surface area contributed by atoms with E-state index in [0.717, 1.165) is 33.5 Å². The van der Waals surface area contributed by atoms with Gasteiger partial charge < -0.3 is 10.1 Å². The van der Waals surface area contributed by atoms with Crippen LogP contribution in [0.5, 0.6) is 5.75 Å². The zero-order chi connectivity index (χ0) is 23.8. The molecule has 172 valence electrons. The molecule has 7 heteroatoms. The summed E-state index contributed by atoms with van der Waals surface area (Å²) in [6.07, 6.45) is 2.14. The monoisotopic (exact) mass is 466 g/mol. The van der Waals surface area contributed by atoms with Crippen LogP contribution in [0.1, 0.15) is 43.5 Å². The summed E-state index contributed by atoms with van der Waals surface area (Å²) in [5.74, 6) is -0.0114. The number of hydrogen-bond donors (Lipinski definition) is 3. The molecule has 0 bridgehead atoms. The van der Waals surface area contributed by atoms with Gasteiger partial charge in [0, 0.05) is 22.9 Å². The lowest BCUT2D eigenvalue weighted by molar-refractivity contribution is 0.413. The van der Waals surface area contributed by atoms with Gasteiger partial charge in [0.2, 0.25) is 11.3 Å². The van der Waals surface area contributed by atoms with Crippen molar-refractivity contribution in [3.8, 4) is 16.9 Å². The van der Waals surface area contributed by atoms with Gasteiger partial charge in [-0.15, -0.1) is 0 Å². The summed E-state index contributed by atoms with van der Waals surface area (Å²) in [5.41, 5.74) is 5.76. The number of methoxy groups -OCH3 is 1. The van der Waals surface area contributed by atoms with E-state index in [1.165, 1.54) is 19.2 Å². The topological polar surface area (TPSA) is 70.6 Å². The van der Waals surface area contributed by atoms with Crippen LogP contribution in [0.2, 0.25) is 0 Å². The van der Waals surface area contributed by atoms with Crippen molar-refractivity contribution in [3.63, 3.8) is 0 Å². The van der Waals surface area contributed by atoms with E-state index in [-0.39, 0.29) is 5.54 Å². The molecule has 4 rings (SSSR count). The van der Waals surface area contributed by atoms with Crippen LogP contribution in [0.3, 0.4) is 0 Å². The van der Waals surface area contributed by atoms with Crippen LogP contribution < -0.4 is 14.8 Å². The number of nitrogens with one attached hydrogen (secondary N) is 2. The number of halogens is 1. The van der Waals surface area contributed by atoms with E-state index in [0.29, 0.717) is 11.3 Å². The number of allylic oxidation sites excluding steroid dienone is 1. The Labute approximate surface area is 196 Å². The molecule has 5 nitrogen and oxygen atoms in total. The highest BCUT2D eigenvalue weighted by atomic mass is 32.2. The van der Waals surface area contributed by atoms with Gasteiger partial charge in [-0.2, -0.15) is 0 Å². The molecule has 0 fully saturated rings. The van der Waals surface area contributed by atoms with Crippen LogP contribution >= 0.6 is 0 Å². The second-order valence-corrected chi connectivity index (χ2v) is 9.41. The zero-order valence-corrected chi connectivity index (χ0v) is 19.8. The van der Waals surface area contributed by atoms with Gasteiger partial charge in [0.05, 0.1) is 18.7 Å². The van der Waals surface area contributed by atoms with Crippen LogP contribution in [0, 0.1) is 5.82 Å². The fourth-order valence-electron chi connectivity index (χ4n) is 4.61. The Morgan fingerprint density at radius 3 is 2.45 bits per heavy atom. The van der Waals surface area contributed by atoms with Gasteiger partial charge >= 0.3 is 0 Å². The third-order valence-corrected chi connectivity index (χ3v) is 6.21. The molecule has 1 aliphatic heterocycles. The minimum absolute atomic E-state index is 0.251. The molecular formula is C26H27FN2O3S. The highest BCUT2D eigenvalue weighted by Crippen LogP contribution is 2.46. The van der Waals surface area contributed by atoms with E-state index in [2.05, 4.69) is 30.0 Å². The fraction of sp³-hybridized carbons (Fsp3) is 0.231. The van der Waals surface area contributed by atoms with Crippen molar-refractivity contribution >= 4 is 22.5 Å². The average molecular weight is 467 g/mol. The molecule has 2 atom stereocenters. The van der Waals surface area contributed by atoms with Crippen molar-refractivity contribution in [2.24, 2.45) is 0 Å². The maximum Gasteiger partial charge on any atom is 0.232 e. The molecule has 0 saturated carbocycles. The molecule has 2 unspecified atom stereocenters. The third-order valence-electron chi connectivity index (χ3n) is 5.77. The maximum absolute atomic E-state index is 14.0. The van der Waals surface area contributed by atoms with E-state index in [9.17, 15) is 13.2 Å². The quantitative estimate of drug-likeness (QED) is 0.394. The smallest absolute Gasteiger partial charge is 0.232 e. The number of anilines is 1. The van der Waals surface area contributed by atoms with E-state index in [1.54, 1.807) is 6.07 Å². The minimum atomic E-state index is -2.28. The Morgan fingerprint density at radius 1 is 1.09 bits per heavy atom. The van der Waals surface area contributed by atoms with E-state index < -0.39 is 23.1 Å². The summed E-state index contributed by atoms with van der Waals surface area (Å²) in [6, 6.07) is 17.2. The predicted octanol–water partition coefficient (Wildman–Crippen LogP) is 5.92. The first kappa shape index (κ1) is 23.2. The largest absolute Gasteiger partial charge is 0.496 e. The van der Waals surface area contributed by atoms with Crippen molar-refractivity contribution in [1.82, 2.24) is 4.72 Å². The van der Waals surface area contributed by atoms with E-state index >= 15 is 0 Å². The van der Waals surface area contributed by atoms with Gasteiger partial charge in [0.15, 0.2) is 0 Å². The second-order valence-electron chi connectivity index (χ2n) is 8.68. The van der Waals surface area contributed by atoms with Gasteiger partial charge in [-0.3, -0.25) is 4.55 Å². The Balaban J connectivity index is 2.07. The van der Waals surface area contributed by atoms with Crippen LogP contribution in [0.25, 0.3) is 16.7 Å². The number of rotatable bonds is 6. The van der Waals surface area contributed by atoms with Crippen LogP contribution in [0.15, 0.2) is 66.7 Å². The van der Waals surface area contributed by atoms with Crippen molar-refractivity contribution in [3.05, 3.63) is 89.2 Å². The lowest BCUT2D eigenvalue weighted by Crippen LogP contribution is -2.33. The molecule has 0 spiro atoms. The second kappa shape index (κ2) is 9.09. The molecule has 0 radical (unpaired) electrons. The van der Waals surface area contributed by atoms with E-state index in [4.69, 9.17) is 4.74 Å².